The Hall–Kier alpha value is -0.380. The molecule has 0 spiro atoms. The first-order chi connectivity index (χ1) is 6.95. The number of rotatable bonds is 4. The summed E-state index contributed by atoms with van der Waals surface area (Å²) in [6.07, 6.45) is 3.81. The Kier molecular flexibility index (Phi) is 3.98. The molecule has 1 atom stereocenters. The van der Waals surface area contributed by atoms with Crippen LogP contribution in [-0.2, 0) is 6.42 Å². The molecular formula is C11H18N2S. The van der Waals surface area contributed by atoms with Crippen LogP contribution in [-0.4, -0.2) is 25.7 Å². The molecule has 0 aliphatic carbocycles. The lowest BCUT2D eigenvalue weighted by Gasteiger charge is -2.23. The summed E-state index contributed by atoms with van der Waals surface area (Å²) < 4.78 is 0. The van der Waals surface area contributed by atoms with Crippen LogP contribution in [0.2, 0.25) is 0 Å². The zero-order valence-corrected chi connectivity index (χ0v) is 9.28. The van der Waals surface area contributed by atoms with Gasteiger partial charge in [-0.15, -0.1) is 0 Å². The smallest absolute Gasteiger partial charge is 0.0193 e. The van der Waals surface area contributed by atoms with Gasteiger partial charge in [-0.25, -0.2) is 0 Å². The van der Waals surface area contributed by atoms with E-state index in [-0.39, 0.29) is 0 Å². The van der Waals surface area contributed by atoms with Crippen LogP contribution in [0, 0.1) is 0 Å². The van der Waals surface area contributed by atoms with Gasteiger partial charge in [0.25, 0.3) is 0 Å². The van der Waals surface area contributed by atoms with Gasteiger partial charge in [0.15, 0.2) is 0 Å². The highest BCUT2D eigenvalue weighted by Crippen LogP contribution is 2.06. The maximum atomic E-state index is 3.60. The lowest BCUT2D eigenvalue weighted by molar-refractivity contribution is 0.392. The molecular weight excluding hydrogens is 192 g/mol. The molecule has 1 aromatic heterocycles. The summed E-state index contributed by atoms with van der Waals surface area (Å²) in [5.74, 6) is 0. The summed E-state index contributed by atoms with van der Waals surface area (Å²) in [7, 11) is 0. The lowest BCUT2D eigenvalue weighted by atomic mass is 10.1. The molecule has 1 fully saturated rings. The van der Waals surface area contributed by atoms with Crippen LogP contribution in [0.5, 0.6) is 0 Å². The Morgan fingerprint density at radius 1 is 1.57 bits per heavy atom. The Morgan fingerprint density at radius 2 is 2.57 bits per heavy atom. The second-order valence-electron chi connectivity index (χ2n) is 3.88. The van der Waals surface area contributed by atoms with Crippen LogP contribution in [0.25, 0.3) is 0 Å². The average molecular weight is 210 g/mol. The van der Waals surface area contributed by atoms with E-state index in [0.29, 0.717) is 6.04 Å². The monoisotopic (exact) mass is 210 g/mol. The van der Waals surface area contributed by atoms with Crippen LogP contribution in [0.3, 0.4) is 0 Å². The van der Waals surface area contributed by atoms with E-state index < -0.39 is 0 Å². The molecule has 2 nitrogen and oxygen atoms in total. The summed E-state index contributed by atoms with van der Waals surface area (Å²) >= 11 is 1.79. The molecule has 3 heteroatoms. The Morgan fingerprint density at radius 3 is 3.29 bits per heavy atom. The molecule has 0 amide bonds. The number of hydrogen-bond acceptors (Lipinski definition) is 3. The molecule has 0 bridgehead atoms. The van der Waals surface area contributed by atoms with Crippen molar-refractivity contribution in [3.8, 4) is 0 Å². The predicted octanol–water partition coefficient (Wildman–Crippen LogP) is 1.63. The average Bonchev–Trinajstić information content (AvgIpc) is 2.72. The maximum Gasteiger partial charge on any atom is 0.0193 e. The molecule has 2 rings (SSSR count). The number of piperidine rings is 1. The van der Waals surface area contributed by atoms with Gasteiger partial charge in [-0.05, 0) is 54.7 Å². The van der Waals surface area contributed by atoms with Gasteiger partial charge in [0, 0.05) is 12.6 Å². The van der Waals surface area contributed by atoms with E-state index in [4.69, 9.17) is 0 Å². The lowest BCUT2D eigenvalue weighted by Crippen LogP contribution is -2.43. The molecule has 1 saturated heterocycles. The Bertz CT molecular complexity index is 240. The number of thiophene rings is 1. The largest absolute Gasteiger partial charge is 0.315 e. The predicted molar refractivity (Wildman–Crippen MR) is 61.9 cm³/mol. The van der Waals surface area contributed by atoms with Crippen molar-refractivity contribution in [2.45, 2.75) is 25.3 Å². The minimum atomic E-state index is 0.697. The van der Waals surface area contributed by atoms with Crippen LogP contribution >= 0.6 is 11.3 Å². The standard InChI is InChI=1S/C11H18N2S/c1-2-11(8-12-5-1)13-6-3-10-4-7-14-9-10/h4,7,9,11-13H,1-3,5-6,8H2. The molecule has 78 valence electrons. The molecule has 2 heterocycles. The molecule has 1 unspecified atom stereocenters. The number of nitrogens with one attached hydrogen (secondary N) is 2. The third kappa shape index (κ3) is 3.08. The van der Waals surface area contributed by atoms with Crippen LogP contribution < -0.4 is 10.6 Å². The third-order valence-corrected chi connectivity index (χ3v) is 3.46. The first-order valence-electron chi connectivity index (χ1n) is 5.40. The SMILES string of the molecule is c1cc(CCNC2CCCNC2)cs1. The van der Waals surface area contributed by atoms with Crippen molar-refractivity contribution in [2.24, 2.45) is 0 Å². The molecule has 1 aliphatic heterocycles. The van der Waals surface area contributed by atoms with E-state index in [1.165, 1.54) is 31.4 Å². The first-order valence-corrected chi connectivity index (χ1v) is 6.34. The highest BCUT2D eigenvalue weighted by atomic mass is 32.1. The van der Waals surface area contributed by atoms with E-state index >= 15 is 0 Å². The van der Waals surface area contributed by atoms with Gasteiger partial charge in [-0.3, -0.25) is 0 Å². The summed E-state index contributed by atoms with van der Waals surface area (Å²) in [6.45, 7) is 3.45. The van der Waals surface area contributed by atoms with Gasteiger partial charge >= 0.3 is 0 Å². The Balaban J connectivity index is 1.62. The zero-order valence-electron chi connectivity index (χ0n) is 8.46. The van der Waals surface area contributed by atoms with Crippen molar-refractivity contribution in [3.05, 3.63) is 22.4 Å². The summed E-state index contributed by atoms with van der Waals surface area (Å²) in [5.41, 5.74) is 1.46. The van der Waals surface area contributed by atoms with Crippen molar-refractivity contribution < 1.29 is 0 Å². The normalized spacial score (nSPS) is 22.4. The van der Waals surface area contributed by atoms with Crippen molar-refractivity contribution in [2.75, 3.05) is 19.6 Å². The van der Waals surface area contributed by atoms with Gasteiger partial charge in [0.05, 0.1) is 0 Å². The Labute approximate surface area is 89.7 Å². The second kappa shape index (κ2) is 5.49. The van der Waals surface area contributed by atoms with Gasteiger partial charge in [0.1, 0.15) is 0 Å². The van der Waals surface area contributed by atoms with Crippen molar-refractivity contribution >= 4 is 11.3 Å². The zero-order chi connectivity index (χ0) is 9.64. The molecule has 2 N–H and O–H groups in total. The van der Waals surface area contributed by atoms with Gasteiger partial charge in [-0.1, -0.05) is 0 Å². The highest BCUT2D eigenvalue weighted by molar-refractivity contribution is 7.07. The molecule has 0 saturated carbocycles. The van der Waals surface area contributed by atoms with Gasteiger partial charge in [-0.2, -0.15) is 11.3 Å². The summed E-state index contributed by atoms with van der Waals surface area (Å²) in [4.78, 5) is 0. The fraction of sp³-hybridized carbons (Fsp3) is 0.636. The van der Waals surface area contributed by atoms with Crippen LogP contribution in [0.1, 0.15) is 18.4 Å². The molecule has 0 radical (unpaired) electrons. The van der Waals surface area contributed by atoms with Crippen molar-refractivity contribution in [1.29, 1.82) is 0 Å². The van der Waals surface area contributed by atoms with Crippen LogP contribution in [0.4, 0.5) is 0 Å². The molecule has 1 aromatic rings. The van der Waals surface area contributed by atoms with Crippen molar-refractivity contribution in [3.63, 3.8) is 0 Å². The highest BCUT2D eigenvalue weighted by Gasteiger charge is 2.10. The van der Waals surface area contributed by atoms with E-state index in [1.807, 2.05) is 0 Å². The van der Waals surface area contributed by atoms with E-state index in [9.17, 15) is 0 Å². The van der Waals surface area contributed by atoms with Crippen LogP contribution in [0.15, 0.2) is 16.8 Å². The van der Waals surface area contributed by atoms with E-state index in [2.05, 4.69) is 27.5 Å². The first kappa shape index (κ1) is 10.1. The quantitative estimate of drug-likeness (QED) is 0.789. The van der Waals surface area contributed by atoms with E-state index in [0.717, 1.165) is 13.1 Å². The topological polar surface area (TPSA) is 24.1 Å². The minimum absolute atomic E-state index is 0.697. The summed E-state index contributed by atoms with van der Waals surface area (Å²) in [5, 5.41) is 11.4. The molecule has 0 aromatic carbocycles. The van der Waals surface area contributed by atoms with E-state index in [1.54, 1.807) is 11.3 Å². The fourth-order valence-corrected chi connectivity index (χ4v) is 2.58. The second-order valence-corrected chi connectivity index (χ2v) is 4.66. The molecule has 14 heavy (non-hydrogen) atoms. The number of hydrogen-bond donors (Lipinski definition) is 2. The fourth-order valence-electron chi connectivity index (χ4n) is 1.88. The van der Waals surface area contributed by atoms with Crippen molar-refractivity contribution in [1.82, 2.24) is 10.6 Å². The van der Waals surface area contributed by atoms with Gasteiger partial charge < -0.3 is 10.6 Å². The minimum Gasteiger partial charge on any atom is -0.315 e. The third-order valence-electron chi connectivity index (χ3n) is 2.72. The van der Waals surface area contributed by atoms with Gasteiger partial charge in [0.2, 0.25) is 0 Å². The summed E-state index contributed by atoms with van der Waals surface area (Å²) in [6, 6.07) is 2.91. The maximum absolute atomic E-state index is 3.60. The molecule has 1 aliphatic rings.